The summed E-state index contributed by atoms with van der Waals surface area (Å²) in [6, 6.07) is 6.24. The van der Waals surface area contributed by atoms with Gasteiger partial charge in [-0.05, 0) is 36.2 Å². The summed E-state index contributed by atoms with van der Waals surface area (Å²) in [5.41, 5.74) is 2.43. The first kappa shape index (κ1) is 16.1. The predicted molar refractivity (Wildman–Crippen MR) is 93.0 cm³/mol. The largest absolute Gasteiger partial charge is 0.336 e. The van der Waals surface area contributed by atoms with E-state index in [1.807, 2.05) is 13.0 Å². The minimum Gasteiger partial charge on any atom is -0.336 e. The average molecular weight is 352 g/mol. The Morgan fingerprint density at radius 1 is 1.12 bits per heavy atom. The van der Waals surface area contributed by atoms with Crippen molar-refractivity contribution in [3.05, 3.63) is 66.3 Å². The summed E-state index contributed by atoms with van der Waals surface area (Å²) in [4.78, 5) is 12.3. The maximum absolute atomic E-state index is 14.0. The quantitative estimate of drug-likeness (QED) is 0.605. The van der Waals surface area contributed by atoms with Crippen molar-refractivity contribution in [3.63, 3.8) is 0 Å². The third kappa shape index (κ3) is 2.85. The highest BCUT2D eigenvalue weighted by atomic mass is 19.1. The molecular weight excluding hydrogens is 338 g/mol. The molecule has 4 aromatic heterocycles. The van der Waals surface area contributed by atoms with Crippen molar-refractivity contribution in [3.8, 4) is 11.5 Å². The Morgan fingerprint density at radius 3 is 2.73 bits per heavy atom. The van der Waals surface area contributed by atoms with Crippen LogP contribution < -0.4 is 5.32 Å². The Hall–Kier alpha value is -3.42. The van der Waals surface area contributed by atoms with Crippen LogP contribution in [0.2, 0.25) is 0 Å². The highest BCUT2D eigenvalue weighted by Gasteiger charge is 2.15. The highest BCUT2D eigenvalue weighted by Crippen LogP contribution is 2.27. The normalized spacial score (nSPS) is 11.0. The fourth-order valence-electron chi connectivity index (χ4n) is 2.68. The number of nitrogens with zero attached hydrogens (tertiary/aromatic N) is 5. The standard InChI is InChI=1S/C18H14F2N6/c1-2-11-6-8-26-16(11)18(23-14-5-7-21-10-13(14)20)24-17(25-26)15-4-3-12(19)9-22-15/h3-10H,2H2,1H3,(H,21,23,24,25). The molecule has 0 aliphatic rings. The van der Waals surface area contributed by atoms with Gasteiger partial charge in [0.15, 0.2) is 11.6 Å². The molecule has 0 spiro atoms. The lowest BCUT2D eigenvalue weighted by atomic mass is 10.2. The van der Waals surface area contributed by atoms with Crippen LogP contribution in [0, 0.1) is 11.6 Å². The van der Waals surface area contributed by atoms with Gasteiger partial charge in [0, 0.05) is 12.4 Å². The van der Waals surface area contributed by atoms with Gasteiger partial charge in [0.2, 0.25) is 5.82 Å². The van der Waals surface area contributed by atoms with Crippen molar-refractivity contribution in [2.24, 2.45) is 0 Å². The van der Waals surface area contributed by atoms with Crippen molar-refractivity contribution in [2.75, 3.05) is 5.32 Å². The second-order valence-electron chi connectivity index (χ2n) is 5.61. The van der Waals surface area contributed by atoms with Gasteiger partial charge in [0.25, 0.3) is 0 Å². The van der Waals surface area contributed by atoms with Crippen LogP contribution in [0.25, 0.3) is 17.0 Å². The van der Waals surface area contributed by atoms with E-state index >= 15 is 0 Å². The summed E-state index contributed by atoms with van der Waals surface area (Å²) in [6.45, 7) is 2.02. The Labute approximate surface area is 147 Å². The molecule has 4 rings (SSSR count). The van der Waals surface area contributed by atoms with Crippen LogP contribution in [0.3, 0.4) is 0 Å². The first-order chi connectivity index (χ1) is 12.7. The van der Waals surface area contributed by atoms with Crippen molar-refractivity contribution in [1.82, 2.24) is 24.6 Å². The number of aromatic nitrogens is 5. The maximum Gasteiger partial charge on any atom is 0.200 e. The molecule has 1 N–H and O–H groups in total. The first-order valence-corrected chi connectivity index (χ1v) is 8.02. The summed E-state index contributed by atoms with van der Waals surface area (Å²) in [7, 11) is 0. The lowest BCUT2D eigenvalue weighted by Gasteiger charge is -2.11. The molecule has 130 valence electrons. The fourth-order valence-corrected chi connectivity index (χ4v) is 2.68. The molecular formula is C18H14F2N6. The summed E-state index contributed by atoms with van der Waals surface area (Å²) >= 11 is 0. The second-order valence-corrected chi connectivity index (χ2v) is 5.61. The Kier molecular flexibility index (Phi) is 4.00. The SMILES string of the molecule is CCc1ccn2nc(-c3ccc(F)cn3)nc(Nc3ccncc3F)c12. The third-order valence-electron chi connectivity index (χ3n) is 3.96. The Morgan fingerprint density at radius 2 is 2.00 bits per heavy atom. The van der Waals surface area contributed by atoms with E-state index in [1.165, 1.54) is 24.4 Å². The second kappa shape index (κ2) is 6.47. The zero-order valence-electron chi connectivity index (χ0n) is 13.8. The van der Waals surface area contributed by atoms with Crippen LogP contribution in [-0.2, 0) is 6.42 Å². The van der Waals surface area contributed by atoms with Crippen LogP contribution in [0.5, 0.6) is 0 Å². The maximum atomic E-state index is 14.0. The van der Waals surface area contributed by atoms with Crippen LogP contribution in [0.1, 0.15) is 12.5 Å². The van der Waals surface area contributed by atoms with Gasteiger partial charge in [-0.2, -0.15) is 0 Å². The number of rotatable bonds is 4. The number of fused-ring (bicyclic) bond motifs is 1. The summed E-state index contributed by atoms with van der Waals surface area (Å²) in [6.07, 6.45) is 6.29. The molecule has 0 bridgehead atoms. The number of hydrogen-bond donors (Lipinski definition) is 1. The molecule has 0 saturated heterocycles. The van der Waals surface area contributed by atoms with Crippen molar-refractivity contribution in [2.45, 2.75) is 13.3 Å². The number of hydrogen-bond acceptors (Lipinski definition) is 5. The van der Waals surface area contributed by atoms with E-state index in [4.69, 9.17) is 0 Å². The molecule has 0 aliphatic carbocycles. The summed E-state index contributed by atoms with van der Waals surface area (Å²) in [5.74, 6) is -0.197. The molecule has 4 heterocycles. The minimum atomic E-state index is -0.490. The molecule has 0 amide bonds. The van der Waals surface area contributed by atoms with Crippen LogP contribution in [0.4, 0.5) is 20.3 Å². The van der Waals surface area contributed by atoms with Crippen molar-refractivity contribution in [1.29, 1.82) is 0 Å². The summed E-state index contributed by atoms with van der Waals surface area (Å²) < 4.78 is 28.8. The number of nitrogens with one attached hydrogen (secondary N) is 1. The van der Waals surface area contributed by atoms with Crippen LogP contribution in [-0.4, -0.2) is 24.6 Å². The molecule has 0 radical (unpaired) electrons. The molecule has 0 atom stereocenters. The van der Waals surface area contributed by atoms with Gasteiger partial charge in [-0.3, -0.25) is 4.98 Å². The van der Waals surface area contributed by atoms with Gasteiger partial charge in [0.05, 0.1) is 18.1 Å². The third-order valence-corrected chi connectivity index (χ3v) is 3.96. The lowest BCUT2D eigenvalue weighted by molar-refractivity contribution is 0.621. The molecule has 0 unspecified atom stereocenters. The van der Waals surface area contributed by atoms with Gasteiger partial charge in [-0.1, -0.05) is 6.92 Å². The molecule has 6 nitrogen and oxygen atoms in total. The number of pyridine rings is 2. The van der Waals surface area contributed by atoms with Crippen molar-refractivity contribution >= 4 is 17.0 Å². The number of halogens is 2. The molecule has 0 saturated carbocycles. The van der Waals surface area contributed by atoms with Gasteiger partial charge >= 0.3 is 0 Å². The molecule has 0 fully saturated rings. The van der Waals surface area contributed by atoms with E-state index < -0.39 is 11.6 Å². The molecule has 26 heavy (non-hydrogen) atoms. The van der Waals surface area contributed by atoms with E-state index in [1.54, 1.807) is 10.7 Å². The van der Waals surface area contributed by atoms with E-state index in [0.29, 0.717) is 17.3 Å². The van der Waals surface area contributed by atoms with Gasteiger partial charge in [-0.25, -0.2) is 23.3 Å². The van der Waals surface area contributed by atoms with E-state index in [-0.39, 0.29) is 5.69 Å². The average Bonchev–Trinajstić information content (AvgIpc) is 3.07. The molecule has 0 aromatic carbocycles. The van der Waals surface area contributed by atoms with Gasteiger partial charge in [-0.15, -0.1) is 5.10 Å². The molecule has 0 aliphatic heterocycles. The number of anilines is 2. The minimum absolute atomic E-state index is 0.252. The Bertz CT molecular complexity index is 1070. The molecule has 8 heteroatoms. The topological polar surface area (TPSA) is 68.0 Å². The van der Waals surface area contributed by atoms with Crippen molar-refractivity contribution < 1.29 is 8.78 Å². The summed E-state index contributed by atoms with van der Waals surface area (Å²) in [5, 5.41) is 7.45. The highest BCUT2D eigenvalue weighted by molar-refractivity contribution is 5.78. The predicted octanol–water partition coefficient (Wildman–Crippen LogP) is 3.77. The van der Waals surface area contributed by atoms with E-state index in [2.05, 4.69) is 25.4 Å². The zero-order chi connectivity index (χ0) is 18.1. The number of aryl methyl sites for hydroxylation is 1. The monoisotopic (exact) mass is 352 g/mol. The fraction of sp³-hybridized carbons (Fsp3) is 0.111. The zero-order valence-corrected chi connectivity index (χ0v) is 13.8. The van der Waals surface area contributed by atoms with Crippen LogP contribution in [0.15, 0.2) is 49.1 Å². The first-order valence-electron chi connectivity index (χ1n) is 8.02. The van der Waals surface area contributed by atoms with Gasteiger partial charge in [0.1, 0.15) is 17.0 Å². The molecule has 4 aromatic rings. The van der Waals surface area contributed by atoms with E-state index in [0.717, 1.165) is 29.9 Å². The van der Waals surface area contributed by atoms with E-state index in [9.17, 15) is 8.78 Å². The van der Waals surface area contributed by atoms with Gasteiger partial charge < -0.3 is 5.32 Å². The van der Waals surface area contributed by atoms with Crippen LogP contribution >= 0.6 is 0 Å². The smallest absolute Gasteiger partial charge is 0.200 e. The lowest BCUT2D eigenvalue weighted by Crippen LogP contribution is -2.06. The Balaban J connectivity index is 1.89.